The van der Waals surface area contributed by atoms with Crippen LogP contribution in [0.2, 0.25) is 0 Å². The molecule has 1 aromatic rings. The van der Waals surface area contributed by atoms with E-state index >= 15 is 0 Å². The van der Waals surface area contributed by atoms with Crippen molar-refractivity contribution in [3.63, 3.8) is 0 Å². The first kappa shape index (κ1) is 15.8. The van der Waals surface area contributed by atoms with Gasteiger partial charge in [0.2, 0.25) is 5.91 Å². The molecule has 1 heterocycles. The van der Waals surface area contributed by atoms with Crippen LogP contribution in [0, 0.1) is 0 Å². The number of benzene rings is 1. The molecule has 0 bridgehead atoms. The molecule has 0 aliphatic carbocycles. The molecule has 2 rings (SSSR count). The van der Waals surface area contributed by atoms with Gasteiger partial charge in [-0.2, -0.15) is 0 Å². The maximum Gasteiger partial charge on any atom is 0.238 e. The van der Waals surface area contributed by atoms with Crippen LogP contribution in [0.3, 0.4) is 0 Å². The molecule has 116 valence electrons. The summed E-state index contributed by atoms with van der Waals surface area (Å²) in [6.45, 7) is 6.01. The molecule has 21 heavy (non-hydrogen) atoms. The predicted octanol–water partition coefficient (Wildman–Crippen LogP) is 0.663. The summed E-state index contributed by atoms with van der Waals surface area (Å²) in [7, 11) is 4.08. The molecule has 0 aromatic heterocycles. The largest absolute Gasteiger partial charge is 0.378 e. The van der Waals surface area contributed by atoms with E-state index in [-0.39, 0.29) is 11.9 Å². The molecule has 0 saturated carbocycles. The van der Waals surface area contributed by atoms with E-state index in [1.54, 1.807) is 0 Å². The van der Waals surface area contributed by atoms with Crippen molar-refractivity contribution in [2.45, 2.75) is 19.5 Å². The first-order valence-corrected chi connectivity index (χ1v) is 7.60. The van der Waals surface area contributed by atoms with E-state index < -0.39 is 0 Å². The number of anilines is 1. The third-order valence-electron chi connectivity index (χ3n) is 3.85. The first-order chi connectivity index (χ1) is 10.1. The Balaban J connectivity index is 2.03. The number of nitrogens with zero attached hydrogens (tertiary/aromatic N) is 2. The molecule has 5 nitrogen and oxygen atoms in total. The van der Waals surface area contributed by atoms with E-state index in [4.69, 9.17) is 0 Å². The number of hydrogen-bond acceptors (Lipinski definition) is 4. The zero-order valence-electron chi connectivity index (χ0n) is 13.2. The monoisotopic (exact) mass is 290 g/mol. The number of hydrogen-bond donors (Lipinski definition) is 2. The number of nitrogens with one attached hydrogen (secondary N) is 2. The highest BCUT2D eigenvalue weighted by molar-refractivity contribution is 5.82. The van der Waals surface area contributed by atoms with Gasteiger partial charge in [0.15, 0.2) is 0 Å². The van der Waals surface area contributed by atoms with Crippen molar-refractivity contribution in [1.82, 2.24) is 15.5 Å². The van der Waals surface area contributed by atoms with E-state index in [2.05, 4.69) is 44.7 Å². The van der Waals surface area contributed by atoms with E-state index in [0.29, 0.717) is 6.54 Å². The number of carbonyl (C=O) groups excluding carboxylic acids is 1. The standard InChI is InChI=1S/C16H26N4O/c1-4-18-16(21)15-11-17-9-10-20(15)12-13-5-7-14(8-6-13)19(2)3/h5-8,15,17H,4,9-12H2,1-3H3,(H,18,21). The highest BCUT2D eigenvalue weighted by Gasteiger charge is 2.27. The van der Waals surface area contributed by atoms with Gasteiger partial charge in [-0.25, -0.2) is 0 Å². The van der Waals surface area contributed by atoms with Gasteiger partial charge in [0, 0.05) is 52.5 Å². The number of carbonyl (C=O) groups is 1. The minimum Gasteiger partial charge on any atom is -0.378 e. The van der Waals surface area contributed by atoms with Crippen molar-refractivity contribution in [3.05, 3.63) is 29.8 Å². The summed E-state index contributed by atoms with van der Waals surface area (Å²) in [5, 5.41) is 6.23. The lowest BCUT2D eigenvalue weighted by molar-refractivity contribution is -0.127. The highest BCUT2D eigenvalue weighted by atomic mass is 16.2. The van der Waals surface area contributed by atoms with Crippen LogP contribution in [-0.4, -0.2) is 57.1 Å². The SMILES string of the molecule is CCNC(=O)C1CNCCN1Cc1ccc(N(C)C)cc1. The quantitative estimate of drug-likeness (QED) is 0.836. The maximum atomic E-state index is 12.1. The van der Waals surface area contributed by atoms with Gasteiger partial charge in [-0.05, 0) is 24.6 Å². The lowest BCUT2D eigenvalue weighted by atomic mass is 10.1. The number of rotatable bonds is 5. The summed E-state index contributed by atoms with van der Waals surface area (Å²) in [4.78, 5) is 16.5. The van der Waals surface area contributed by atoms with Crippen LogP contribution in [0.25, 0.3) is 0 Å². The molecule has 1 saturated heterocycles. The summed E-state index contributed by atoms with van der Waals surface area (Å²) in [5.74, 6) is 0.120. The van der Waals surface area contributed by atoms with Crippen LogP contribution in [-0.2, 0) is 11.3 Å². The second-order valence-corrected chi connectivity index (χ2v) is 5.65. The van der Waals surface area contributed by atoms with Crippen LogP contribution in [0.1, 0.15) is 12.5 Å². The normalized spacial score (nSPS) is 19.3. The molecular formula is C16H26N4O. The van der Waals surface area contributed by atoms with Gasteiger partial charge >= 0.3 is 0 Å². The highest BCUT2D eigenvalue weighted by Crippen LogP contribution is 2.15. The Morgan fingerprint density at radius 1 is 1.38 bits per heavy atom. The van der Waals surface area contributed by atoms with Crippen LogP contribution in [0.4, 0.5) is 5.69 Å². The first-order valence-electron chi connectivity index (χ1n) is 7.60. The molecule has 1 fully saturated rings. The van der Waals surface area contributed by atoms with Gasteiger partial charge in [-0.1, -0.05) is 12.1 Å². The van der Waals surface area contributed by atoms with Gasteiger partial charge in [-0.3, -0.25) is 9.69 Å². The molecular weight excluding hydrogens is 264 g/mol. The van der Waals surface area contributed by atoms with Crippen molar-refractivity contribution in [2.24, 2.45) is 0 Å². The molecule has 1 aliphatic rings. The summed E-state index contributed by atoms with van der Waals surface area (Å²) >= 11 is 0. The molecule has 2 N–H and O–H groups in total. The second kappa shape index (κ2) is 7.43. The summed E-state index contributed by atoms with van der Waals surface area (Å²) in [6, 6.07) is 8.46. The molecule has 1 amide bonds. The van der Waals surface area contributed by atoms with Crippen molar-refractivity contribution in [1.29, 1.82) is 0 Å². The van der Waals surface area contributed by atoms with E-state index in [1.165, 1.54) is 11.3 Å². The number of piperazine rings is 1. The average molecular weight is 290 g/mol. The Morgan fingerprint density at radius 2 is 2.10 bits per heavy atom. The summed E-state index contributed by atoms with van der Waals surface area (Å²) < 4.78 is 0. The smallest absolute Gasteiger partial charge is 0.238 e. The lowest BCUT2D eigenvalue weighted by Gasteiger charge is -2.35. The number of likely N-dealkylation sites (N-methyl/N-ethyl adjacent to an activating group) is 1. The molecule has 1 unspecified atom stereocenters. The Kier molecular flexibility index (Phi) is 5.59. The van der Waals surface area contributed by atoms with Gasteiger partial charge in [0.25, 0.3) is 0 Å². The van der Waals surface area contributed by atoms with Crippen molar-refractivity contribution in [2.75, 3.05) is 45.2 Å². The predicted molar refractivity (Wildman–Crippen MR) is 86.5 cm³/mol. The Hall–Kier alpha value is -1.59. The molecule has 0 spiro atoms. The molecule has 5 heteroatoms. The Labute approximate surface area is 127 Å². The molecule has 1 atom stereocenters. The number of amides is 1. The Bertz CT molecular complexity index is 458. The molecule has 1 aliphatic heterocycles. The summed E-state index contributed by atoms with van der Waals surface area (Å²) in [5.41, 5.74) is 2.44. The van der Waals surface area contributed by atoms with Crippen molar-refractivity contribution in [3.8, 4) is 0 Å². The van der Waals surface area contributed by atoms with Gasteiger partial charge in [0.05, 0.1) is 0 Å². The van der Waals surface area contributed by atoms with E-state index in [0.717, 1.165) is 26.2 Å². The fraction of sp³-hybridized carbons (Fsp3) is 0.562. The van der Waals surface area contributed by atoms with Gasteiger partial charge in [0.1, 0.15) is 6.04 Å². The zero-order chi connectivity index (χ0) is 15.2. The Morgan fingerprint density at radius 3 is 2.71 bits per heavy atom. The van der Waals surface area contributed by atoms with Gasteiger partial charge in [-0.15, -0.1) is 0 Å². The summed E-state index contributed by atoms with van der Waals surface area (Å²) in [6.07, 6.45) is 0. The minimum absolute atomic E-state index is 0.0766. The lowest BCUT2D eigenvalue weighted by Crippen LogP contribution is -2.57. The third-order valence-corrected chi connectivity index (χ3v) is 3.85. The van der Waals surface area contributed by atoms with Crippen LogP contribution >= 0.6 is 0 Å². The van der Waals surface area contributed by atoms with E-state index in [1.807, 2.05) is 21.0 Å². The third kappa shape index (κ3) is 4.19. The zero-order valence-corrected chi connectivity index (χ0v) is 13.2. The van der Waals surface area contributed by atoms with Crippen LogP contribution < -0.4 is 15.5 Å². The van der Waals surface area contributed by atoms with Gasteiger partial charge < -0.3 is 15.5 Å². The average Bonchev–Trinajstić information content (AvgIpc) is 2.48. The van der Waals surface area contributed by atoms with Crippen molar-refractivity contribution >= 4 is 11.6 Å². The van der Waals surface area contributed by atoms with Crippen molar-refractivity contribution < 1.29 is 4.79 Å². The molecule has 0 radical (unpaired) electrons. The second-order valence-electron chi connectivity index (χ2n) is 5.65. The fourth-order valence-electron chi connectivity index (χ4n) is 2.62. The minimum atomic E-state index is -0.0766. The molecule has 1 aromatic carbocycles. The van der Waals surface area contributed by atoms with Crippen LogP contribution in [0.15, 0.2) is 24.3 Å². The fourth-order valence-corrected chi connectivity index (χ4v) is 2.62. The topological polar surface area (TPSA) is 47.6 Å². The van der Waals surface area contributed by atoms with E-state index in [9.17, 15) is 4.79 Å². The maximum absolute atomic E-state index is 12.1. The van der Waals surface area contributed by atoms with Crippen LogP contribution in [0.5, 0.6) is 0 Å².